The van der Waals surface area contributed by atoms with Gasteiger partial charge < -0.3 is 15.0 Å². The highest BCUT2D eigenvalue weighted by molar-refractivity contribution is 6.99. The number of piperidine rings is 1. The molecule has 122 valence electrons. The van der Waals surface area contributed by atoms with Crippen LogP contribution in [0.15, 0.2) is 24.4 Å². The molecule has 8 heteroatoms. The van der Waals surface area contributed by atoms with Gasteiger partial charge in [0.25, 0.3) is 5.91 Å². The summed E-state index contributed by atoms with van der Waals surface area (Å²) < 4.78 is 13.5. The molecule has 2 heterocycles. The Balaban J connectivity index is 1.60. The first-order valence-corrected chi connectivity index (χ1v) is 8.45. The van der Waals surface area contributed by atoms with Crippen LogP contribution in [0, 0.1) is 0 Å². The SMILES string of the molecule is COc1ccc(Cl)cc1C(=O)NC1CCN(c2cnsn2)CC1. The summed E-state index contributed by atoms with van der Waals surface area (Å²) in [6, 6.07) is 5.17. The highest BCUT2D eigenvalue weighted by Crippen LogP contribution is 2.23. The molecule has 0 unspecified atom stereocenters. The van der Waals surface area contributed by atoms with E-state index in [-0.39, 0.29) is 11.9 Å². The first-order chi connectivity index (χ1) is 11.2. The Morgan fingerprint density at radius 3 is 2.87 bits per heavy atom. The number of carbonyl (C=O) groups is 1. The van der Waals surface area contributed by atoms with Crippen LogP contribution in [-0.4, -0.2) is 40.9 Å². The molecule has 0 aliphatic carbocycles. The van der Waals surface area contributed by atoms with Crippen LogP contribution in [0.1, 0.15) is 23.2 Å². The summed E-state index contributed by atoms with van der Waals surface area (Å²) in [4.78, 5) is 14.7. The van der Waals surface area contributed by atoms with Crippen LogP contribution in [0.2, 0.25) is 5.02 Å². The van der Waals surface area contributed by atoms with Gasteiger partial charge in [-0.3, -0.25) is 4.79 Å². The van der Waals surface area contributed by atoms with Crippen molar-refractivity contribution in [3.05, 3.63) is 35.0 Å². The lowest BCUT2D eigenvalue weighted by molar-refractivity contribution is 0.0928. The molecular weight excluding hydrogens is 336 g/mol. The smallest absolute Gasteiger partial charge is 0.255 e. The van der Waals surface area contributed by atoms with Gasteiger partial charge in [0.1, 0.15) is 5.75 Å². The van der Waals surface area contributed by atoms with Crippen LogP contribution in [0.5, 0.6) is 5.75 Å². The lowest BCUT2D eigenvalue weighted by atomic mass is 10.0. The van der Waals surface area contributed by atoms with E-state index in [0.717, 1.165) is 31.7 Å². The topological polar surface area (TPSA) is 67.3 Å². The molecule has 6 nitrogen and oxygen atoms in total. The summed E-state index contributed by atoms with van der Waals surface area (Å²) >= 11 is 7.19. The highest BCUT2D eigenvalue weighted by atomic mass is 35.5. The number of amides is 1. The lowest BCUT2D eigenvalue weighted by Gasteiger charge is -2.32. The maximum Gasteiger partial charge on any atom is 0.255 e. The van der Waals surface area contributed by atoms with Gasteiger partial charge in [-0.15, -0.1) is 0 Å². The van der Waals surface area contributed by atoms with E-state index in [1.165, 1.54) is 11.7 Å². The first kappa shape index (κ1) is 16.0. The number of hydrogen-bond donors (Lipinski definition) is 1. The van der Waals surface area contributed by atoms with Crippen molar-refractivity contribution in [1.82, 2.24) is 14.1 Å². The van der Waals surface area contributed by atoms with E-state index in [9.17, 15) is 4.79 Å². The minimum absolute atomic E-state index is 0.133. The molecule has 2 aromatic rings. The van der Waals surface area contributed by atoms with Crippen molar-refractivity contribution >= 4 is 35.1 Å². The molecule has 1 aliphatic heterocycles. The van der Waals surface area contributed by atoms with Gasteiger partial charge in [-0.25, -0.2) is 0 Å². The zero-order chi connectivity index (χ0) is 16.2. The van der Waals surface area contributed by atoms with E-state index in [4.69, 9.17) is 16.3 Å². The number of methoxy groups -OCH3 is 1. The normalized spacial score (nSPS) is 15.5. The van der Waals surface area contributed by atoms with E-state index >= 15 is 0 Å². The van der Waals surface area contributed by atoms with E-state index in [1.54, 1.807) is 31.5 Å². The number of halogens is 1. The van der Waals surface area contributed by atoms with Gasteiger partial charge in [-0.05, 0) is 31.0 Å². The molecule has 1 amide bonds. The number of ether oxygens (including phenoxy) is 1. The molecule has 0 radical (unpaired) electrons. The number of hydrogen-bond acceptors (Lipinski definition) is 6. The maximum absolute atomic E-state index is 12.5. The van der Waals surface area contributed by atoms with Gasteiger partial charge in [0, 0.05) is 24.2 Å². The summed E-state index contributed by atoms with van der Waals surface area (Å²) in [5.41, 5.74) is 0.464. The number of nitrogens with one attached hydrogen (secondary N) is 1. The van der Waals surface area contributed by atoms with Gasteiger partial charge in [-0.2, -0.15) is 8.75 Å². The summed E-state index contributed by atoms with van der Waals surface area (Å²) in [6.07, 6.45) is 3.51. The van der Waals surface area contributed by atoms with Crippen LogP contribution >= 0.6 is 23.3 Å². The fraction of sp³-hybridized carbons (Fsp3) is 0.400. The van der Waals surface area contributed by atoms with Crippen LogP contribution in [0.3, 0.4) is 0 Å². The number of rotatable bonds is 4. The van der Waals surface area contributed by atoms with Crippen LogP contribution < -0.4 is 15.0 Å². The van der Waals surface area contributed by atoms with Crippen molar-refractivity contribution in [3.63, 3.8) is 0 Å². The molecule has 1 aromatic heterocycles. The molecule has 1 fully saturated rings. The quantitative estimate of drug-likeness (QED) is 0.916. The van der Waals surface area contributed by atoms with Gasteiger partial charge in [-0.1, -0.05) is 11.6 Å². The van der Waals surface area contributed by atoms with Crippen molar-refractivity contribution in [2.45, 2.75) is 18.9 Å². The molecule has 0 atom stereocenters. The summed E-state index contributed by atoms with van der Waals surface area (Å²) in [5.74, 6) is 1.28. The molecule has 3 rings (SSSR count). The average molecular weight is 353 g/mol. The zero-order valence-electron chi connectivity index (χ0n) is 12.7. The predicted octanol–water partition coefficient (Wildman–Crippen LogP) is 2.60. The minimum atomic E-state index is -0.155. The minimum Gasteiger partial charge on any atom is -0.496 e. The Labute approximate surface area is 143 Å². The second-order valence-corrected chi connectivity index (χ2v) is 6.34. The molecule has 1 aromatic carbocycles. The Kier molecular flexibility index (Phi) is 4.97. The van der Waals surface area contributed by atoms with Crippen molar-refractivity contribution in [2.75, 3.05) is 25.1 Å². The number of carbonyl (C=O) groups excluding carboxylic acids is 1. The Morgan fingerprint density at radius 1 is 1.43 bits per heavy atom. The van der Waals surface area contributed by atoms with Crippen molar-refractivity contribution in [3.8, 4) is 5.75 Å². The van der Waals surface area contributed by atoms with Crippen molar-refractivity contribution in [2.24, 2.45) is 0 Å². The monoisotopic (exact) mass is 352 g/mol. The summed E-state index contributed by atoms with van der Waals surface area (Å²) in [7, 11) is 1.54. The summed E-state index contributed by atoms with van der Waals surface area (Å²) in [5, 5.41) is 3.58. The van der Waals surface area contributed by atoms with Crippen molar-refractivity contribution < 1.29 is 9.53 Å². The Bertz CT molecular complexity index is 672. The Hall–Kier alpha value is -1.86. The number of aromatic nitrogens is 2. The molecule has 0 saturated carbocycles. The number of nitrogens with zero attached hydrogens (tertiary/aromatic N) is 3. The lowest BCUT2D eigenvalue weighted by Crippen LogP contribution is -2.44. The van der Waals surface area contributed by atoms with Gasteiger partial charge in [0.15, 0.2) is 5.82 Å². The third kappa shape index (κ3) is 3.73. The van der Waals surface area contributed by atoms with Gasteiger partial charge >= 0.3 is 0 Å². The third-order valence-corrected chi connectivity index (χ3v) is 4.61. The van der Waals surface area contributed by atoms with Crippen LogP contribution in [0.25, 0.3) is 0 Å². The van der Waals surface area contributed by atoms with E-state index < -0.39 is 0 Å². The molecule has 0 bridgehead atoms. The summed E-state index contributed by atoms with van der Waals surface area (Å²) in [6.45, 7) is 1.70. The molecule has 1 saturated heterocycles. The zero-order valence-corrected chi connectivity index (χ0v) is 14.2. The molecule has 0 spiro atoms. The predicted molar refractivity (Wildman–Crippen MR) is 90.6 cm³/mol. The first-order valence-electron chi connectivity index (χ1n) is 7.34. The van der Waals surface area contributed by atoms with Gasteiger partial charge in [0.05, 0.1) is 30.6 Å². The fourth-order valence-electron chi connectivity index (χ4n) is 2.67. The average Bonchev–Trinajstić information content (AvgIpc) is 3.10. The highest BCUT2D eigenvalue weighted by Gasteiger charge is 2.23. The maximum atomic E-state index is 12.5. The standard InChI is InChI=1S/C15H17ClN4O2S/c1-22-13-3-2-10(16)8-12(13)15(21)18-11-4-6-20(7-5-11)14-9-17-23-19-14/h2-3,8-9,11H,4-7H2,1H3,(H,18,21). The second-order valence-electron chi connectivity index (χ2n) is 5.35. The van der Waals surface area contributed by atoms with E-state index in [2.05, 4.69) is 19.0 Å². The van der Waals surface area contributed by atoms with Crippen LogP contribution in [-0.2, 0) is 0 Å². The fourth-order valence-corrected chi connectivity index (χ4v) is 3.28. The third-order valence-electron chi connectivity index (χ3n) is 3.91. The molecule has 23 heavy (non-hydrogen) atoms. The molecule has 1 N–H and O–H groups in total. The van der Waals surface area contributed by atoms with Crippen LogP contribution in [0.4, 0.5) is 5.82 Å². The second kappa shape index (κ2) is 7.14. The largest absolute Gasteiger partial charge is 0.496 e. The van der Waals surface area contributed by atoms with E-state index in [1.807, 2.05) is 0 Å². The Morgan fingerprint density at radius 2 is 2.22 bits per heavy atom. The van der Waals surface area contributed by atoms with Crippen molar-refractivity contribution in [1.29, 1.82) is 0 Å². The molecule has 1 aliphatic rings. The van der Waals surface area contributed by atoms with E-state index in [0.29, 0.717) is 16.3 Å². The number of benzene rings is 1. The molecular formula is C15H17ClN4O2S. The van der Waals surface area contributed by atoms with Gasteiger partial charge in [0.2, 0.25) is 0 Å². The number of anilines is 1.